The van der Waals surface area contributed by atoms with E-state index in [9.17, 15) is 9.59 Å². The predicted molar refractivity (Wildman–Crippen MR) is 86.0 cm³/mol. The molecule has 0 bridgehead atoms. The van der Waals surface area contributed by atoms with E-state index in [2.05, 4.69) is 4.98 Å². The third-order valence-corrected chi connectivity index (χ3v) is 4.30. The highest BCUT2D eigenvalue weighted by atomic mass is 32.1. The molecule has 0 saturated carbocycles. The Hall–Kier alpha value is -2.21. The molecule has 1 aromatic heterocycles. The number of hydrogen-bond acceptors (Lipinski definition) is 4. The Morgan fingerprint density at radius 1 is 1.41 bits per heavy atom. The number of thiazole rings is 1. The molecular formula is C16H18N2O3S. The lowest BCUT2D eigenvalue weighted by Crippen LogP contribution is -2.33. The number of amides is 1. The third kappa shape index (κ3) is 3.71. The minimum atomic E-state index is -0.910. The van der Waals surface area contributed by atoms with Crippen molar-refractivity contribution >= 4 is 23.2 Å². The number of carbonyl (C=O) groups is 2. The van der Waals surface area contributed by atoms with Gasteiger partial charge in [0, 0.05) is 35.8 Å². The van der Waals surface area contributed by atoms with Crippen molar-refractivity contribution < 1.29 is 14.7 Å². The van der Waals surface area contributed by atoms with Gasteiger partial charge in [0.15, 0.2) is 0 Å². The zero-order chi connectivity index (χ0) is 16.3. The molecule has 0 aliphatic rings. The number of hydrogen-bond donors (Lipinski definition) is 1. The van der Waals surface area contributed by atoms with E-state index in [0.29, 0.717) is 5.56 Å². The van der Waals surface area contributed by atoms with Crippen molar-refractivity contribution in [3.63, 3.8) is 0 Å². The fourth-order valence-corrected chi connectivity index (χ4v) is 2.86. The van der Waals surface area contributed by atoms with Crippen LogP contribution in [-0.4, -0.2) is 40.5 Å². The van der Waals surface area contributed by atoms with E-state index in [0.717, 1.165) is 16.3 Å². The second-order valence-electron chi connectivity index (χ2n) is 5.30. The predicted octanol–water partition coefficient (Wildman–Crippen LogP) is 2.91. The molecule has 0 aliphatic carbocycles. The van der Waals surface area contributed by atoms with Crippen molar-refractivity contribution in [3.8, 4) is 10.6 Å². The molecule has 1 amide bonds. The molecule has 0 spiro atoms. The molecule has 5 nitrogen and oxygen atoms in total. The topological polar surface area (TPSA) is 70.5 Å². The van der Waals surface area contributed by atoms with Gasteiger partial charge in [0.2, 0.25) is 0 Å². The molecule has 22 heavy (non-hydrogen) atoms. The smallest absolute Gasteiger partial charge is 0.308 e. The second-order valence-corrected chi connectivity index (χ2v) is 6.16. The summed E-state index contributed by atoms with van der Waals surface area (Å²) in [6.45, 7) is 3.69. The molecule has 0 radical (unpaired) electrons. The van der Waals surface area contributed by atoms with Gasteiger partial charge in [-0.1, -0.05) is 19.1 Å². The average Bonchev–Trinajstić information content (AvgIpc) is 2.93. The number of nitrogens with zero attached hydrogens (tertiary/aromatic N) is 2. The fourth-order valence-electron chi connectivity index (χ4n) is 2.06. The SMILES string of the molecule is Cc1csc(-c2cccc(C(=O)N(C)CC(C)C(=O)O)c2)n1. The number of carboxylic acids is 1. The summed E-state index contributed by atoms with van der Waals surface area (Å²) in [6.07, 6.45) is 0. The Balaban J connectivity index is 2.18. The maximum Gasteiger partial charge on any atom is 0.308 e. The van der Waals surface area contributed by atoms with Crippen molar-refractivity contribution in [1.82, 2.24) is 9.88 Å². The molecule has 2 rings (SSSR count). The molecule has 0 fully saturated rings. The first kappa shape index (κ1) is 16.2. The first-order valence-corrected chi connectivity index (χ1v) is 7.77. The second kappa shape index (κ2) is 6.70. The molecule has 0 saturated heterocycles. The number of aryl methyl sites for hydroxylation is 1. The maximum absolute atomic E-state index is 12.4. The Bertz CT molecular complexity index is 696. The summed E-state index contributed by atoms with van der Waals surface area (Å²) in [6, 6.07) is 7.25. The van der Waals surface area contributed by atoms with Crippen LogP contribution in [0, 0.1) is 12.8 Å². The number of carboxylic acid groups (broad SMARTS) is 1. The van der Waals surface area contributed by atoms with Gasteiger partial charge >= 0.3 is 5.97 Å². The number of rotatable bonds is 5. The minimum absolute atomic E-state index is 0.175. The highest BCUT2D eigenvalue weighted by Gasteiger charge is 2.19. The summed E-state index contributed by atoms with van der Waals surface area (Å²) < 4.78 is 0. The molecule has 2 aromatic rings. The first-order chi connectivity index (χ1) is 10.4. The van der Waals surface area contributed by atoms with E-state index in [-0.39, 0.29) is 12.5 Å². The Labute approximate surface area is 133 Å². The van der Waals surface area contributed by atoms with E-state index in [1.165, 1.54) is 16.2 Å². The van der Waals surface area contributed by atoms with Gasteiger partial charge in [-0.2, -0.15) is 0 Å². The Morgan fingerprint density at radius 3 is 2.73 bits per heavy atom. The van der Waals surface area contributed by atoms with Crippen LogP contribution in [0.5, 0.6) is 0 Å². The van der Waals surface area contributed by atoms with Gasteiger partial charge in [0.1, 0.15) is 5.01 Å². The van der Waals surface area contributed by atoms with Crippen molar-refractivity contribution in [2.24, 2.45) is 5.92 Å². The molecule has 1 N–H and O–H groups in total. The quantitative estimate of drug-likeness (QED) is 0.920. The molecule has 0 aliphatic heterocycles. The van der Waals surface area contributed by atoms with Crippen LogP contribution in [0.1, 0.15) is 23.0 Å². The standard InChI is InChI=1S/C16H18N2O3S/c1-10(16(20)21)8-18(3)15(19)13-6-4-5-12(7-13)14-17-11(2)9-22-14/h4-7,9-10H,8H2,1-3H3,(H,20,21). The number of carbonyl (C=O) groups excluding carboxylic acids is 1. The van der Waals surface area contributed by atoms with Crippen LogP contribution in [0.2, 0.25) is 0 Å². The van der Waals surface area contributed by atoms with E-state index >= 15 is 0 Å². The zero-order valence-electron chi connectivity index (χ0n) is 12.7. The lowest BCUT2D eigenvalue weighted by Gasteiger charge is -2.19. The molecule has 1 unspecified atom stereocenters. The van der Waals surface area contributed by atoms with Crippen molar-refractivity contribution in [2.75, 3.05) is 13.6 Å². The number of aromatic nitrogens is 1. The Morgan fingerprint density at radius 2 is 2.14 bits per heavy atom. The summed E-state index contributed by atoms with van der Waals surface area (Å²) >= 11 is 1.53. The summed E-state index contributed by atoms with van der Waals surface area (Å²) in [7, 11) is 1.61. The molecular weight excluding hydrogens is 300 g/mol. The minimum Gasteiger partial charge on any atom is -0.481 e. The maximum atomic E-state index is 12.4. The largest absolute Gasteiger partial charge is 0.481 e. The van der Waals surface area contributed by atoms with Crippen molar-refractivity contribution in [1.29, 1.82) is 0 Å². The van der Waals surface area contributed by atoms with Crippen LogP contribution >= 0.6 is 11.3 Å². The average molecular weight is 318 g/mol. The van der Waals surface area contributed by atoms with Crippen molar-refractivity contribution in [2.45, 2.75) is 13.8 Å². The van der Waals surface area contributed by atoms with Crippen LogP contribution in [0.3, 0.4) is 0 Å². The van der Waals surface area contributed by atoms with Crippen LogP contribution in [0.4, 0.5) is 0 Å². The summed E-state index contributed by atoms with van der Waals surface area (Å²) in [4.78, 5) is 29.1. The fraction of sp³-hybridized carbons (Fsp3) is 0.312. The lowest BCUT2D eigenvalue weighted by molar-refractivity contribution is -0.141. The van der Waals surface area contributed by atoms with Crippen LogP contribution in [0.25, 0.3) is 10.6 Å². The zero-order valence-corrected chi connectivity index (χ0v) is 13.6. The van der Waals surface area contributed by atoms with Crippen LogP contribution in [-0.2, 0) is 4.79 Å². The molecule has 6 heteroatoms. The van der Waals surface area contributed by atoms with Gasteiger partial charge < -0.3 is 10.0 Å². The summed E-state index contributed by atoms with van der Waals surface area (Å²) in [5.41, 5.74) is 2.37. The summed E-state index contributed by atoms with van der Waals surface area (Å²) in [5.74, 6) is -1.70. The van der Waals surface area contributed by atoms with Gasteiger partial charge in [0.25, 0.3) is 5.91 Å². The van der Waals surface area contributed by atoms with E-state index < -0.39 is 11.9 Å². The van der Waals surface area contributed by atoms with Gasteiger partial charge in [-0.3, -0.25) is 9.59 Å². The third-order valence-electron chi connectivity index (χ3n) is 3.29. The van der Waals surface area contributed by atoms with E-state index in [4.69, 9.17) is 5.11 Å². The van der Waals surface area contributed by atoms with E-state index in [1.807, 2.05) is 24.4 Å². The lowest BCUT2D eigenvalue weighted by atomic mass is 10.1. The molecule has 1 heterocycles. The highest BCUT2D eigenvalue weighted by Crippen LogP contribution is 2.24. The molecule has 116 valence electrons. The van der Waals surface area contributed by atoms with Gasteiger partial charge in [-0.25, -0.2) is 4.98 Å². The van der Waals surface area contributed by atoms with Gasteiger partial charge in [-0.05, 0) is 19.1 Å². The van der Waals surface area contributed by atoms with E-state index in [1.54, 1.807) is 26.1 Å². The van der Waals surface area contributed by atoms with Crippen molar-refractivity contribution in [3.05, 3.63) is 40.9 Å². The number of benzene rings is 1. The molecule has 1 aromatic carbocycles. The first-order valence-electron chi connectivity index (χ1n) is 6.89. The monoisotopic (exact) mass is 318 g/mol. The summed E-state index contributed by atoms with van der Waals surface area (Å²) in [5, 5.41) is 11.8. The Kier molecular flexibility index (Phi) is 4.92. The van der Waals surface area contributed by atoms with Crippen LogP contribution < -0.4 is 0 Å². The highest BCUT2D eigenvalue weighted by molar-refractivity contribution is 7.13. The van der Waals surface area contributed by atoms with Gasteiger partial charge in [-0.15, -0.1) is 11.3 Å². The normalized spacial score (nSPS) is 12.0. The molecule has 1 atom stereocenters. The number of aliphatic carboxylic acids is 1. The van der Waals surface area contributed by atoms with Gasteiger partial charge in [0.05, 0.1) is 5.92 Å². The van der Waals surface area contributed by atoms with Crippen LogP contribution in [0.15, 0.2) is 29.6 Å².